The number of imidazole rings is 1. The molecule has 0 bridgehead atoms. The zero-order chi connectivity index (χ0) is 24.9. The van der Waals surface area contributed by atoms with Crippen molar-refractivity contribution < 1.29 is 18.0 Å². The molecule has 11 heteroatoms. The second-order valence-electron chi connectivity index (χ2n) is 9.13. The molecule has 2 aromatic heterocycles. The molecule has 5 rings (SSSR count). The second-order valence-corrected chi connectivity index (χ2v) is 10.2. The van der Waals surface area contributed by atoms with Gasteiger partial charge in [0.1, 0.15) is 5.82 Å². The molecule has 1 aromatic carbocycles. The van der Waals surface area contributed by atoms with Crippen LogP contribution in [0.2, 0.25) is 0 Å². The number of fused-ring (bicyclic) bond motifs is 3. The highest BCUT2D eigenvalue weighted by atomic mass is 32.2. The SMILES string of the molecule is CC(C)[C@H]1CCC(=O)N1c1ccnc(N[C@@H](C)c2ncn3c2CSc2cc(C(F)(F)F)ccc2-3)n1. The molecule has 3 aromatic rings. The molecule has 2 aliphatic rings. The topological polar surface area (TPSA) is 75.9 Å². The van der Waals surface area contributed by atoms with Gasteiger partial charge in [-0.1, -0.05) is 13.8 Å². The van der Waals surface area contributed by atoms with E-state index in [4.69, 9.17) is 0 Å². The minimum Gasteiger partial charge on any atom is -0.346 e. The number of thioether (sulfide) groups is 1. The highest BCUT2D eigenvalue weighted by Gasteiger charge is 2.35. The zero-order valence-electron chi connectivity index (χ0n) is 19.5. The first-order chi connectivity index (χ1) is 16.6. The van der Waals surface area contributed by atoms with Crippen LogP contribution < -0.4 is 10.2 Å². The Hall–Kier alpha value is -3.08. The molecule has 0 aliphatic carbocycles. The van der Waals surface area contributed by atoms with E-state index in [0.717, 1.165) is 23.9 Å². The average molecular weight is 503 g/mol. The van der Waals surface area contributed by atoms with Gasteiger partial charge in [-0.05, 0) is 43.5 Å². The van der Waals surface area contributed by atoms with E-state index in [1.807, 2.05) is 11.5 Å². The summed E-state index contributed by atoms with van der Waals surface area (Å²) in [6, 6.07) is 5.37. The van der Waals surface area contributed by atoms with Crippen molar-refractivity contribution in [2.24, 2.45) is 5.92 Å². The molecule has 35 heavy (non-hydrogen) atoms. The van der Waals surface area contributed by atoms with Crippen LogP contribution in [-0.2, 0) is 16.7 Å². The van der Waals surface area contributed by atoms with Gasteiger partial charge in [-0.15, -0.1) is 11.8 Å². The number of nitrogens with one attached hydrogen (secondary N) is 1. The van der Waals surface area contributed by atoms with Gasteiger partial charge in [-0.2, -0.15) is 18.2 Å². The highest BCUT2D eigenvalue weighted by molar-refractivity contribution is 7.98. The third-order valence-corrected chi connectivity index (χ3v) is 7.53. The molecule has 1 N–H and O–H groups in total. The van der Waals surface area contributed by atoms with E-state index in [9.17, 15) is 18.0 Å². The van der Waals surface area contributed by atoms with Gasteiger partial charge in [-0.3, -0.25) is 9.69 Å². The molecule has 7 nitrogen and oxygen atoms in total. The van der Waals surface area contributed by atoms with Crippen LogP contribution in [0.3, 0.4) is 0 Å². The largest absolute Gasteiger partial charge is 0.416 e. The van der Waals surface area contributed by atoms with Crippen molar-refractivity contribution in [2.45, 2.75) is 62.5 Å². The highest BCUT2D eigenvalue weighted by Crippen LogP contribution is 2.41. The maximum atomic E-state index is 13.1. The number of amides is 1. The zero-order valence-corrected chi connectivity index (χ0v) is 20.3. The lowest BCUT2D eigenvalue weighted by Gasteiger charge is -2.27. The molecule has 0 spiro atoms. The van der Waals surface area contributed by atoms with Crippen LogP contribution in [0.15, 0.2) is 41.7 Å². The van der Waals surface area contributed by atoms with Crippen LogP contribution in [0.5, 0.6) is 0 Å². The Labute approximate surface area is 205 Å². The maximum absolute atomic E-state index is 13.1. The lowest BCUT2D eigenvalue weighted by atomic mass is 10.0. The van der Waals surface area contributed by atoms with Gasteiger partial charge in [0.2, 0.25) is 11.9 Å². The summed E-state index contributed by atoms with van der Waals surface area (Å²) in [7, 11) is 0. The molecule has 2 aliphatic heterocycles. The van der Waals surface area contributed by atoms with Gasteiger partial charge in [-0.25, -0.2) is 9.97 Å². The first-order valence-corrected chi connectivity index (χ1v) is 12.4. The molecule has 1 saturated heterocycles. The first kappa shape index (κ1) is 23.7. The molecule has 0 radical (unpaired) electrons. The van der Waals surface area contributed by atoms with Crippen molar-refractivity contribution in [1.82, 2.24) is 19.5 Å². The molecular weight excluding hydrogens is 477 g/mol. The Bertz CT molecular complexity index is 1270. The standard InChI is InChI=1S/C24H25F3N6OS/c1-13(2)16-6-7-21(34)33(16)20-8-9-28-23(31-20)30-14(3)22-18-11-35-19-10-15(24(25,26)27)4-5-17(19)32(18)12-29-22/h4-5,8-10,12-14,16H,6-7,11H2,1-3H3,(H,28,30,31)/t14-,16+/m0/s1. The van der Waals surface area contributed by atoms with Crippen molar-refractivity contribution >= 4 is 29.4 Å². The van der Waals surface area contributed by atoms with Gasteiger partial charge in [0.25, 0.3) is 0 Å². The third-order valence-electron chi connectivity index (χ3n) is 6.48. The Kier molecular flexibility index (Phi) is 5.98. The van der Waals surface area contributed by atoms with Crippen molar-refractivity contribution in [2.75, 3.05) is 10.2 Å². The Morgan fingerprint density at radius 3 is 2.71 bits per heavy atom. The molecule has 1 fully saturated rings. The van der Waals surface area contributed by atoms with Crippen LogP contribution >= 0.6 is 11.8 Å². The predicted molar refractivity (Wildman–Crippen MR) is 128 cm³/mol. The number of nitrogens with zero attached hydrogens (tertiary/aromatic N) is 5. The average Bonchev–Trinajstić information content (AvgIpc) is 3.42. The van der Waals surface area contributed by atoms with Crippen molar-refractivity contribution in [3.05, 3.63) is 53.7 Å². The van der Waals surface area contributed by atoms with Crippen molar-refractivity contribution in [3.63, 3.8) is 0 Å². The van der Waals surface area contributed by atoms with Crippen LogP contribution in [-0.4, -0.2) is 31.5 Å². The fourth-order valence-corrected chi connectivity index (χ4v) is 5.81. The third kappa shape index (κ3) is 4.37. The normalized spacial score (nSPS) is 18.5. The molecule has 184 valence electrons. The van der Waals surface area contributed by atoms with Crippen LogP contribution in [0.4, 0.5) is 24.9 Å². The molecule has 2 atom stereocenters. The number of carbonyl (C=O) groups is 1. The summed E-state index contributed by atoms with van der Waals surface area (Å²) in [5, 5.41) is 3.28. The molecule has 0 saturated carbocycles. The number of hydrogen-bond acceptors (Lipinski definition) is 6. The van der Waals surface area contributed by atoms with E-state index in [1.165, 1.54) is 23.9 Å². The fourth-order valence-electron chi connectivity index (χ4n) is 4.70. The summed E-state index contributed by atoms with van der Waals surface area (Å²) >= 11 is 1.36. The van der Waals surface area contributed by atoms with E-state index >= 15 is 0 Å². The van der Waals surface area contributed by atoms with Crippen molar-refractivity contribution in [1.29, 1.82) is 0 Å². The predicted octanol–water partition coefficient (Wildman–Crippen LogP) is 5.61. The number of rotatable bonds is 5. The maximum Gasteiger partial charge on any atom is 0.416 e. The van der Waals surface area contributed by atoms with Crippen LogP contribution in [0, 0.1) is 5.92 Å². The summed E-state index contributed by atoms with van der Waals surface area (Å²) in [6.07, 6.45) is 0.216. The first-order valence-electron chi connectivity index (χ1n) is 11.5. The number of hydrogen-bond donors (Lipinski definition) is 1. The monoisotopic (exact) mass is 502 g/mol. The van der Waals surface area contributed by atoms with Gasteiger partial charge >= 0.3 is 6.18 Å². The summed E-state index contributed by atoms with van der Waals surface area (Å²) in [5.74, 6) is 1.84. The molecule has 4 heterocycles. The number of anilines is 2. The van der Waals surface area contributed by atoms with E-state index in [1.54, 1.807) is 23.5 Å². The molecular formula is C24H25F3N6OS. The smallest absolute Gasteiger partial charge is 0.346 e. The van der Waals surface area contributed by atoms with Crippen LogP contribution in [0.25, 0.3) is 5.69 Å². The lowest BCUT2D eigenvalue weighted by Crippen LogP contribution is -2.37. The molecule has 0 unspecified atom stereocenters. The van der Waals surface area contributed by atoms with E-state index in [2.05, 4.69) is 34.1 Å². The number of alkyl halides is 3. The number of benzene rings is 1. The molecule has 1 amide bonds. The number of aromatic nitrogens is 4. The quantitative estimate of drug-likeness (QED) is 0.489. The summed E-state index contributed by atoms with van der Waals surface area (Å²) in [6.45, 7) is 6.13. The minimum absolute atomic E-state index is 0.0638. The summed E-state index contributed by atoms with van der Waals surface area (Å²) < 4.78 is 41.2. The Morgan fingerprint density at radius 1 is 1.17 bits per heavy atom. The lowest BCUT2D eigenvalue weighted by molar-refractivity contribution is -0.137. The van der Waals surface area contributed by atoms with Crippen LogP contribution in [0.1, 0.15) is 56.6 Å². The van der Waals surface area contributed by atoms with Gasteiger partial charge < -0.3 is 9.88 Å². The number of carbonyl (C=O) groups excluding carboxylic acids is 1. The number of halogens is 3. The Morgan fingerprint density at radius 2 is 1.97 bits per heavy atom. The van der Waals surface area contributed by atoms with Crippen molar-refractivity contribution in [3.8, 4) is 5.69 Å². The Balaban J connectivity index is 1.38. The minimum atomic E-state index is -4.38. The second kappa shape index (κ2) is 8.85. The van der Waals surface area contributed by atoms with Gasteiger partial charge in [0.05, 0.1) is 35.0 Å². The van der Waals surface area contributed by atoms with E-state index in [-0.39, 0.29) is 18.0 Å². The van der Waals surface area contributed by atoms with E-state index < -0.39 is 11.7 Å². The van der Waals surface area contributed by atoms with Gasteiger partial charge in [0, 0.05) is 29.3 Å². The summed E-state index contributed by atoms with van der Waals surface area (Å²) in [4.78, 5) is 28.3. The fraction of sp³-hybridized carbons (Fsp3) is 0.417. The summed E-state index contributed by atoms with van der Waals surface area (Å²) in [5.41, 5.74) is 1.71. The van der Waals surface area contributed by atoms with E-state index in [0.29, 0.717) is 40.4 Å². The van der Waals surface area contributed by atoms with Gasteiger partial charge in [0.15, 0.2) is 0 Å².